The normalized spacial score (nSPS) is 18.8. The van der Waals surface area contributed by atoms with Gasteiger partial charge in [0.15, 0.2) is 22.9 Å². The van der Waals surface area contributed by atoms with Crippen LogP contribution in [0.1, 0.15) is 162 Å². The van der Waals surface area contributed by atoms with E-state index < -0.39 is 93.2 Å². The van der Waals surface area contributed by atoms with Crippen molar-refractivity contribution >= 4 is 81.1 Å². The van der Waals surface area contributed by atoms with Crippen LogP contribution in [0.4, 0.5) is 57.2 Å². The van der Waals surface area contributed by atoms with Gasteiger partial charge in [-0.2, -0.15) is 36.1 Å². The van der Waals surface area contributed by atoms with E-state index in [1.165, 1.54) is 9.36 Å². The van der Waals surface area contributed by atoms with E-state index in [1.54, 1.807) is 83.1 Å². The molecule has 0 unspecified atom stereocenters. The topological polar surface area (TPSA) is 262 Å². The summed E-state index contributed by atoms with van der Waals surface area (Å²) in [4.78, 5) is 80.3. The van der Waals surface area contributed by atoms with Crippen molar-refractivity contribution in [1.82, 2.24) is 49.5 Å². The number of amides is 4. The second kappa shape index (κ2) is 26.9. The number of anilines is 2. The Morgan fingerprint density at radius 1 is 0.554 bits per heavy atom. The number of imide groups is 2. The van der Waals surface area contributed by atoms with E-state index in [1.807, 2.05) is 27.7 Å². The van der Waals surface area contributed by atoms with Gasteiger partial charge >= 0.3 is 43.8 Å². The number of carbonyl (C=O) groups is 4. The van der Waals surface area contributed by atoms with Gasteiger partial charge in [0.05, 0.1) is 22.3 Å². The Bertz CT molecular complexity index is 3570. The summed E-state index contributed by atoms with van der Waals surface area (Å²) in [7, 11) is -0.369. The van der Waals surface area contributed by atoms with Gasteiger partial charge in [-0.1, -0.05) is 30.8 Å². The van der Waals surface area contributed by atoms with Crippen molar-refractivity contribution in [3.8, 4) is 23.5 Å². The maximum absolute atomic E-state index is 13.6. The third-order valence-electron chi connectivity index (χ3n) is 14.2. The quantitative estimate of drug-likeness (QED) is 0.0505. The molecule has 0 aromatic carbocycles. The highest BCUT2D eigenvalue weighted by Gasteiger charge is 2.56. The van der Waals surface area contributed by atoms with E-state index in [9.17, 15) is 45.5 Å². The highest BCUT2D eigenvalue weighted by molar-refractivity contribution is 9.09. The molecule has 0 N–H and O–H groups in total. The molecule has 6 aromatic heterocycles. The molecule has 0 spiro atoms. The van der Waals surface area contributed by atoms with Crippen molar-refractivity contribution in [2.45, 2.75) is 221 Å². The predicted octanol–water partition coefficient (Wildman–Crippen LogP) is 15.7. The van der Waals surface area contributed by atoms with Crippen LogP contribution in [0, 0.1) is 11.8 Å². The zero-order valence-corrected chi connectivity index (χ0v) is 54.2. The van der Waals surface area contributed by atoms with Gasteiger partial charge < -0.3 is 37.7 Å². The molecule has 92 heavy (non-hydrogen) atoms. The lowest BCUT2D eigenvalue weighted by Gasteiger charge is -2.36. The van der Waals surface area contributed by atoms with Crippen LogP contribution in [0.25, 0.3) is 22.1 Å². The summed E-state index contributed by atoms with van der Waals surface area (Å²) < 4.78 is 130. The molecule has 3 aliphatic rings. The molecule has 0 atom stereocenters. The molecule has 24 nitrogen and oxygen atoms in total. The average molecular weight is 1370 g/mol. The number of pyridine rings is 2. The van der Waals surface area contributed by atoms with Gasteiger partial charge in [0.25, 0.3) is 11.8 Å². The highest BCUT2D eigenvalue weighted by Crippen LogP contribution is 2.50. The van der Waals surface area contributed by atoms with Crippen molar-refractivity contribution in [1.29, 1.82) is 0 Å². The number of hydrogen-bond acceptors (Lipinski definition) is 20. The lowest BCUT2D eigenvalue weighted by Crippen LogP contribution is -2.44. The van der Waals surface area contributed by atoms with E-state index in [2.05, 4.69) is 56.0 Å². The van der Waals surface area contributed by atoms with E-state index in [0.717, 1.165) is 75.0 Å². The molecule has 7 heterocycles. The zero-order valence-electron chi connectivity index (χ0n) is 52.7. The van der Waals surface area contributed by atoms with Crippen LogP contribution in [0.2, 0.25) is 5.82 Å². The maximum atomic E-state index is 13.6. The molecule has 4 amide bonds. The standard InChI is InChI=1S/C32H42BF3N6O7.C26H30BrF3N6O5.2CH4/c1-28(2,3)46-26(43)42(27(44)47-29(4,5)6)24-22-23(38-17-39-24)41(40-25(22)45-21-15-19(11-12-37-21)32(34,35)36)16-18-13-20(14-18)33-48-30(7,8)31(9,10)49-33;1-24(2,3)40-22(37)36(23(38)41-25(4,5)6)20-18-19(32-13-33-20)35(12-14-9-16(27)10-14)34-21(18)39-17-11-15(7-8-31-17)26(28,29)30;;/h11-12,15,17-18,20H,13-14,16H2,1-10H3;7-8,11,13-14,16H,9-10,12H2,1-6H3;2*1H4. The minimum atomic E-state index is -4.67. The summed E-state index contributed by atoms with van der Waals surface area (Å²) in [5, 5.41) is 8.96. The zero-order chi connectivity index (χ0) is 66.6. The molecule has 6 aromatic rings. The number of halogens is 7. The van der Waals surface area contributed by atoms with Gasteiger partial charge in [-0.15, -0.1) is 10.2 Å². The fourth-order valence-electron chi connectivity index (χ4n) is 9.40. The number of nitrogens with zero attached hydrogens (tertiary/aromatic N) is 12. The molecular weight excluding hydrogens is 1290 g/mol. The van der Waals surface area contributed by atoms with Crippen LogP contribution in [0.3, 0.4) is 0 Å². The summed E-state index contributed by atoms with van der Waals surface area (Å²) in [6.45, 7) is 28.1. The fraction of sp³-hybridized carbons (Fsp3) is 0.600. The third kappa shape index (κ3) is 17.8. The fourth-order valence-corrected chi connectivity index (χ4v) is 10.5. The minimum absolute atomic E-state index is 0. The van der Waals surface area contributed by atoms with Crippen LogP contribution < -0.4 is 19.3 Å². The number of rotatable bonds is 11. The number of aromatic nitrogens is 10. The molecule has 504 valence electrons. The van der Waals surface area contributed by atoms with E-state index in [0.29, 0.717) is 27.7 Å². The first-order chi connectivity index (χ1) is 41.3. The summed E-state index contributed by atoms with van der Waals surface area (Å²) >= 11 is 3.56. The lowest BCUT2D eigenvalue weighted by atomic mass is 9.56. The minimum Gasteiger partial charge on any atom is -0.443 e. The Labute approximate surface area is 538 Å². The van der Waals surface area contributed by atoms with Crippen LogP contribution in [0.15, 0.2) is 49.3 Å². The number of fused-ring (bicyclic) bond motifs is 2. The largest absolute Gasteiger partial charge is 0.461 e. The number of carbonyl (C=O) groups excluding carboxylic acids is 4. The van der Waals surface area contributed by atoms with Gasteiger partial charge in [-0.25, -0.2) is 58.4 Å². The molecular formula is C60H80BBrF6N12O12. The molecule has 2 aliphatic carbocycles. The first-order valence-corrected chi connectivity index (χ1v) is 29.6. The Kier molecular flexibility index (Phi) is 21.5. The van der Waals surface area contributed by atoms with E-state index in [4.69, 9.17) is 37.7 Å². The van der Waals surface area contributed by atoms with Crippen LogP contribution in [-0.2, 0) is 53.7 Å². The van der Waals surface area contributed by atoms with Crippen molar-refractivity contribution < 1.29 is 83.3 Å². The van der Waals surface area contributed by atoms with Gasteiger partial charge in [-0.3, -0.25) is 0 Å². The molecule has 2 saturated carbocycles. The summed E-state index contributed by atoms with van der Waals surface area (Å²) in [6, 6.07) is 3.04. The predicted molar refractivity (Wildman–Crippen MR) is 331 cm³/mol. The average Bonchev–Trinajstić information content (AvgIpc) is 1.59. The van der Waals surface area contributed by atoms with Crippen LogP contribution in [-0.4, -0.2) is 119 Å². The van der Waals surface area contributed by atoms with Gasteiger partial charge in [0, 0.05) is 42.4 Å². The Balaban J connectivity index is 0.000000290. The third-order valence-corrected chi connectivity index (χ3v) is 14.9. The molecule has 1 saturated heterocycles. The Morgan fingerprint density at radius 2 is 0.880 bits per heavy atom. The summed E-state index contributed by atoms with van der Waals surface area (Å²) in [6.07, 6.45) is -6.32. The molecule has 9 rings (SSSR count). The van der Waals surface area contributed by atoms with E-state index >= 15 is 0 Å². The van der Waals surface area contributed by atoms with Gasteiger partial charge in [0.2, 0.25) is 11.8 Å². The molecule has 32 heteroatoms. The second-order valence-corrected chi connectivity index (χ2v) is 28.3. The molecule has 3 fully saturated rings. The monoisotopic (exact) mass is 1360 g/mol. The van der Waals surface area contributed by atoms with Gasteiger partial charge in [0.1, 0.15) is 45.8 Å². The lowest BCUT2D eigenvalue weighted by molar-refractivity contribution is -0.138. The Morgan fingerprint density at radius 3 is 1.18 bits per heavy atom. The van der Waals surface area contributed by atoms with Crippen molar-refractivity contribution in [2.24, 2.45) is 11.8 Å². The van der Waals surface area contributed by atoms with Crippen molar-refractivity contribution in [3.05, 3.63) is 60.4 Å². The number of alkyl halides is 7. The smallest absolute Gasteiger partial charge is 0.443 e. The Hall–Kier alpha value is -7.48. The van der Waals surface area contributed by atoms with Crippen molar-refractivity contribution in [3.63, 3.8) is 0 Å². The molecule has 0 bridgehead atoms. The molecule has 1 aliphatic heterocycles. The second-order valence-electron chi connectivity index (χ2n) is 27.0. The van der Waals surface area contributed by atoms with Crippen LogP contribution >= 0.6 is 15.9 Å². The highest BCUT2D eigenvalue weighted by atomic mass is 79.9. The van der Waals surface area contributed by atoms with Gasteiger partial charge in [-0.05, 0) is 166 Å². The van der Waals surface area contributed by atoms with Crippen molar-refractivity contribution in [2.75, 3.05) is 9.80 Å². The van der Waals surface area contributed by atoms with E-state index in [-0.39, 0.29) is 85.1 Å². The first kappa shape index (κ1) is 73.6. The summed E-state index contributed by atoms with van der Waals surface area (Å²) in [5.41, 5.74) is -6.60. The molecule has 0 radical (unpaired) electrons. The maximum Gasteiger partial charge on any atom is 0.461 e. The number of hydrogen-bond donors (Lipinski definition) is 0. The SMILES string of the molecule is C.C.CC(C)(C)OC(=O)N(C(=O)OC(C)(C)C)c1ncnc2c1c(Oc1cc(C(F)(F)F)ccn1)nn2CC1CC(B2OC(C)(C)C(C)(C)O2)C1.CC(C)(C)OC(=O)N(C(=O)OC(C)(C)C)c1ncnc2c1c(Oc1cc(C(F)(F)F)ccn1)nn2CC1CC(Br)C1. The van der Waals surface area contributed by atoms with Crippen LogP contribution in [0.5, 0.6) is 23.5 Å². The summed E-state index contributed by atoms with van der Waals surface area (Å²) in [5.74, 6) is -1.49. The number of ether oxygens (including phenoxy) is 6. The first-order valence-electron chi connectivity index (χ1n) is 28.7.